The van der Waals surface area contributed by atoms with E-state index in [2.05, 4.69) is 0 Å². The molecule has 2 N–H and O–H groups in total. The monoisotopic (exact) mass is 271 g/mol. The standard InChI is InChI=1S/C16H17NO3/c1-19-13-8-5-9-14(11-13)20-16(18)15(17)10-12-6-3-2-4-7-12/h2-9,11,15H,10,17H2,1H3/t15-/m0/s1. The van der Waals surface area contributed by atoms with E-state index in [1.54, 1.807) is 31.4 Å². The zero-order valence-corrected chi connectivity index (χ0v) is 11.3. The third-order valence-corrected chi connectivity index (χ3v) is 2.86. The fourth-order valence-corrected chi connectivity index (χ4v) is 1.81. The molecule has 0 saturated heterocycles. The minimum atomic E-state index is -0.691. The van der Waals surface area contributed by atoms with Crippen LogP contribution in [0.4, 0.5) is 0 Å². The Morgan fingerprint density at radius 1 is 1.10 bits per heavy atom. The van der Waals surface area contributed by atoms with E-state index < -0.39 is 12.0 Å². The smallest absolute Gasteiger partial charge is 0.328 e. The maximum absolute atomic E-state index is 11.9. The predicted molar refractivity (Wildman–Crippen MR) is 76.8 cm³/mol. The Morgan fingerprint density at radius 2 is 1.80 bits per heavy atom. The van der Waals surface area contributed by atoms with Gasteiger partial charge in [0, 0.05) is 6.07 Å². The molecule has 2 aromatic rings. The van der Waals surface area contributed by atoms with E-state index >= 15 is 0 Å². The van der Waals surface area contributed by atoms with E-state index in [0.717, 1.165) is 5.56 Å². The van der Waals surface area contributed by atoms with Crippen molar-refractivity contribution in [2.45, 2.75) is 12.5 Å². The summed E-state index contributed by atoms with van der Waals surface area (Å²) in [5.74, 6) is 0.604. The van der Waals surface area contributed by atoms with Crippen molar-refractivity contribution in [2.24, 2.45) is 5.73 Å². The van der Waals surface area contributed by atoms with Crippen molar-refractivity contribution in [3.8, 4) is 11.5 Å². The number of rotatable bonds is 5. The first-order valence-electron chi connectivity index (χ1n) is 6.34. The summed E-state index contributed by atoms with van der Waals surface area (Å²) in [5.41, 5.74) is 6.86. The first-order chi connectivity index (χ1) is 9.69. The molecule has 20 heavy (non-hydrogen) atoms. The molecule has 0 aliphatic carbocycles. The molecule has 0 aliphatic heterocycles. The lowest BCUT2D eigenvalue weighted by Gasteiger charge is -2.11. The number of benzene rings is 2. The van der Waals surface area contributed by atoms with Gasteiger partial charge in [0.25, 0.3) is 0 Å². The van der Waals surface area contributed by atoms with Crippen LogP contribution in [0.15, 0.2) is 54.6 Å². The van der Waals surface area contributed by atoms with Gasteiger partial charge in [0.15, 0.2) is 0 Å². The Labute approximate surface area is 118 Å². The largest absolute Gasteiger partial charge is 0.497 e. The van der Waals surface area contributed by atoms with Gasteiger partial charge in [-0.05, 0) is 24.1 Å². The highest BCUT2D eigenvalue weighted by Crippen LogP contribution is 2.19. The van der Waals surface area contributed by atoms with Crippen molar-refractivity contribution in [3.63, 3.8) is 0 Å². The molecule has 2 rings (SSSR count). The maximum atomic E-state index is 11.9. The molecule has 0 aliphatic rings. The second-order valence-corrected chi connectivity index (χ2v) is 4.40. The number of ether oxygens (including phenoxy) is 2. The van der Waals surface area contributed by atoms with Gasteiger partial charge in [-0.15, -0.1) is 0 Å². The molecule has 0 amide bonds. The van der Waals surface area contributed by atoms with Crippen LogP contribution in [-0.2, 0) is 11.2 Å². The second-order valence-electron chi connectivity index (χ2n) is 4.40. The number of hydrogen-bond acceptors (Lipinski definition) is 4. The van der Waals surface area contributed by atoms with Gasteiger partial charge in [0.1, 0.15) is 17.5 Å². The van der Waals surface area contributed by atoms with Gasteiger partial charge >= 0.3 is 5.97 Å². The Balaban J connectivity index is 1.97. The summed E-state index contributed by atoms with van der Waals surface area (Å²) in [6.07, 6.45) is 0.448. The first kappa shape index (κ1) is 14.1. The van der Waals surface area contributed by atoms with E-state index in [4.69, 9.17) is 15.2 Å². The molecule has 0 saturated carbocycles. The lowest BCUT2D eigenvalue weighted by Crippen LogP contribution is -2.36. The number of esters is 1. The average molecular weight is 271 g/mol. The average Bonchev–Trinajstić information content (AvgIpc) is 2.48. The van der Waals surface area contributed by atoms with Crippen molar-refractivity contribution in [2.75, 3.05) is 7.11 Å². The SMILES string of the molecule is COc1cccc(OC(=O)[C@@H](N)Cc2ccccc2)c1. The molecule has 2 aromatic carbocycles. The molecular weight excluding hydrogens is 254 g/mol. The fraction of sp³-hybridized carbons (Fsp3) is 0.188. The predicted octanol–water partition coefficient (Wildman–Crippen LogP) is 2.17. The van der Waals surface area contributed by atoms with Gasteiger partial charge in [-0.3, -0.25) is 0 Å². The van der Waals surface area contributed by atoms with Crippen LogP contribution in [0.2, 0.25) is 0 Å². The highest BCUT2D eigenvalue weighted by atomic mass is 16.5. The van der Waals surface area contributed by atoms with Crippen LogP contribution in [0.3, 0.4) is 0 Å². The molecule has 0 spiro atoms. The highest BCUT2D eigenvalue weighted by Gasteiger charge is 2.16. The number of carbonyl (C=O) groups is 1. The summed E-state index contributed by atoms with van der Waals surface area (Å²) in [6.45, 7) is 0. The van der Waals surface area contributed by atoms with E-state index in [9.17, 15) is 4.79 Å². The van der Waals surface area contributed by atoms with Crippen LogP contribution in [0, 0.1) is 0 Å². The summed E-state index contributed by atoms with van der Waals surface area (Å²) in [5, 5.41) is 0. The molecule has 1 atom stereocenters. The summed E-state index contributed by atoms with van der Waals surface area (Å²) in [6, 6.07) is 15.8. The van der Waals surface area contributed by atoms with E-state index in [0.29, 0.717) is 17.9 Å². The van der Waals surface area contributed by atoms with Crippen LogP contribution in [0.1, 0.15) is 5.56 Å². The van der Waals surface area contributed by atoms with Gasteiger partial charge in [0.2, 0.25) is 0 Å². The molecule has 0 heterocycles. The minimum absolute atomic E-state index is 0.429. The second kappa shape index (κ2) is 6.73. The van der Waals surface area contributed by atoms with Gasteiger partial charge in [-0.2, -0.15) is 0 Å². The topological polar surface area (TPSA) is 61.5 Å². The van der Waals surface area contributed by atoms with Gasteiger partial charge in [0.05, 0.1) is 7.11 Å². The highest BCUT2D eigenvalue weighted by molar-refractivity contribution is 5.78. The summed E-state index contributed by atoms with van der Waals surface area (Å²) in [4.78, 5) is 11.9. The van der Waals surface area contributed by atoms with Crippen LogP contribution in [-0.4, -0.2) is 19.1 Å². The van der Waals surface area contributed by atoms with Crippen molar-refractivity contribution in [3.05, 3.63) is 60.2 Å². The number of nitrogens with two attached hydrogens (primary N) is 1. The van der Waals surface area contributed by atoms with Crippen LogP contribution in [0.25, 0.3) is 0 Å². The van der Waals surface area contributed by atoms with Crippen LogP contribution < -0.4 is 15.2 Å². The van der Waals surface area contributed by atoms with Crippen molar-refractivity contribution >= 4 is 5.97 Å². The lowest BCUT2D eigenvalue weighted by molar-refractivity contribution is -0.135. The fourth-order valence-electron chi connectivity index (χ4n) is 1.81. The lowest BCUT2D eigenvalue weighted by atomic mass is 10.1. The third kappa shape index (κ3) is 3.83. The normalized spacial score (nSPS) is 11.7. The molecular formula is C16H17NO3. The molecule has 0 fully saturated rings. The summed E-state index contributed by atoms with van der Waals surface area (Å²) >= 11 is 0. The molecule has 0 aromatic heterocycles. The van der Waals surface area contributed by atoms with Gasteiger partial charge in [-0.1, -0.05) is 36.4 Å². The van der Waals surface area contributed by atoms with Crippen LogP contribution in [0.5, 0.6) is 11.5 Å². The van der Waals surface area contributed by atoms with Crippen molar-refractivity contribution in [1.82, 2.24) is 0 Å². The van der Waals surface area contributed by atoms with E-state index in [-0.39, 0.29) is 0 Å². The molecule has 104 valence electrons. The zero-order valence-electron chi connectivity index (χ0n) is 11.3. The number of carbonyl (C=O) groups excluding carboxylic acids is 1. The van der Waals surface area contributed by atoms with E-state index in [1.165, 1.54) is 0 Å². The Hall–Kier alpha value is -2.33. The zero-order chi connectivity index (χ0) is 14.4. The first-order valence-corrected chi connectivity index (χ1v) is 6.34. The molecule has 0 unspecified atom stereocenters. The number of methoxy groups -OCH3 is 1. The summed E-state index contributed by atoms with van der Waals surface area (Å²) in [7, 11) is 1.56. The molecule has 4 nitrogen and oxygen atoms in total. The molecule has 0 radical (unpaired) electrons. The molecule has 0 bridgehead atoms. The van der Waals surface area contributed by atoms with Crippen molar-refractivity contribution < 1.29 is 14.3 Å². The van der Waals surface area contributed by atoms with Gasteiger partial charge in [-0.25, -0.2) is 4.79 Å². The number of hydrogen-bond donors (Lipinski definition) is 1. The summed E-state index contributed by atoms with van der Waals surface area (Å²) < 4.78 is 10.3. The van der Waals surface area contributed by atoms with Gasteiger partial charge < -0.3 is 15.2 Å². The Bertz CT molecular complexity index is 569. The minimum Gasteiger partial charge on any atom is -0.497 e. The maximum Gasteiger partial charge on any atom is 0.328 e. The Kier molecular flexibility index (Phi) is 4.74. The third-order valence-electron chi connectivity index (χ3n) is 2.86. The molecule has 4 heteroatoms. The van der Waals surface area contributed by atoms with E-state index in [1.807, 2.05) is 30.3 Å². The van der Waals surface area contributed by atoms with Crippen LogP contribution >= 0.6 is 0 Å². The quantitative estimate of drug-likeness (QED) is 0.668. The Morgan fingerprint density at radius 3 is 2.50 bits per heavy atom. The van der Waals surface area contributed by atoms with Crippen molar-refractivity contribution in [1.29, 1.82) is 0 Å².